The van der Waals surface area contributed by atoms with Crippen molar-refractivity contribution in [2.75, 3.05) is 24.5 Å². The third-order valence-corrected chi connectivity index (χ3v) is 6.69. The van der Waals surface area contributed by atoms with Gasteiger partial charge in [0.2, 0.25) is 5.95 Å². The third-order valence-electron chi connectivity index (χ3n) is 6.69. The minimum atomic E-state index is -0.406. The molecule has 1 fully saturated rings. The molecule has 0 spiro atoms. The minimum Gasteiger partial charge on any atom is -0.341 e. The lowest BCUT2D eigenvalue weighted by Gasteiger charge is -2.31. The number of hydrogen-bond acceptors (Lipinski definition) is 6. The Morgan fingerprint density at radius 2 is 2.03 bits per heavy atom. The maximum Gasteiger partial charge on any atom is 0.332 e. The molecular formula is C25H29N7O2. The first-order valence-corrected chi connectivity index (χ1v) is 11.7. The Morgan fingerprint density at radius 1 is 1.21 bits per heavy atom. The highest BCUT2D eigenvalue weighted by Crippen LogP contribution is 2.23. The molecule has 4 heterocycles. The summed E-state index contributed by atoms with van der Waals surface area (Å²) in [6.07, 6.45) is 2.77. The van der Waals surface area contributed by atoms with Gasteiger partial charge < -0.3 is 10.6 Å². The number of piperidine rings is 1. The van der Waals surface area contributed by atoms with Gasteiger partial charge in [0, 0.05) is 38.3 Å². The van der Waals surface area contributed by atoms with E-state index in [-0.39, 0.29) is 18.1 Å². The number of benzene rings is 1. The monoisotopic (exact) mass is 459 g/mol. The summed E-state index contributed by atoms with van der Waals surface area (Å²) in [4.78, 5) is 38.6. The third kappa shape index (κ3) is 3.74. The van der Waals surface area contributed by atoms with Gasteiger partial charge in [-0.05, 0) is 31.7 Å². The van der Waals surface area contributed by atoms with E-state index in [1.165, 1.54) is 14.7 Å². The first-order valence-electron chi connectivity index (χ1n) is 11.7. The number of hydrogen-bond donors (Lipinski definition) is 1. The SMILES string of the molecule is CC#CCn1c(N2CCCC(N)C2)nc2c1c(=O)n(CC1=NCCc3ccccc31)c(=O)n2C. The zero-order chi connectivity index (χ0) is 23.8. The van der Waals surface area contributed by atoms with Gasteiger partial charge in [-0.15, -0.1) is 5.92 Å². The van der Waals surface area contributed by atoms with Gasteiger partial charge in [-0.25, -0.2) is 4.79 Å². The molecule has 1 atom stereocenters. The fraction of sp³-hybridized carbons (Fsp3) is 0.440. The molecule has 3 aromatic rings. The van der Waals surface area contributed by atoms with Crippen molar-refractivity contribution >= 4 is 22.8 Å². The van der Waals surface area contributed by atoms with Crippen LogP contribution >= 0.6 is 0 Å². The van der Waals surface area contributed by atoms with Gasteiger partial charge in [-0.2, -0.15) is 4.98 Å². The quantitative estimate of drug-likeness (QED) is 0.584. The Bertz CT molecular complexity index is 1460. The van der Waals surface area contributed by atoms with E-state index < -0.39 is 5.69 Å². The van der Waals surface area contributed by atoms with Gasteiger partial charge in [0.25, 0.3) is 5.56 Å². The van der Waals surface area contributed by atoms with E-state index in [0.717, 1.165) is 37.1 Å². The number of nitrogens with two attached hydrogens (primary N) is 1. The lowest BCUT2D eigenvalue weighted by Crippen LogP contribution is -2.44. The summed E-state index contributed by atoms with van der Waals surface area (Å²) in [7, 11) is 1.66. The first-order chi connectivity index (χ1) is 16.5. The van der Waals surface area contributed by atoms with Crippen LogP contribution in [0.3, 0.4) is 0 Å². The Labute approximate surface area is 197 Å². The van der Waals surface area contributed by atoms with E-state index in [1.54, 1.807) is 14.0 Å². The molecule has 0 bridgehead atoms. The molecular weight excluding hydrogens is 430 g/mol. The second-order valence-corrected chi connectivity index (χ2v) is 8.91. The molecule has 1 unspecified atom stereocenters. The Balaban J connectivity index is 1.67. The fourth-order valence-electron chi connectivity index (χ4n) is 4.94. The number of fused-ring (bicyclic) bond motifs is 2. The second kappa shape index (κ2) is 8.95. The van der Waals surface area contributed by atoms with Crippen molar-refractivity contribution in [1.82, 2.24) is 18.7 Å². The van der Waals surface area contributed by atoms with Crippen LogP contribution < -0.4 is 21.9 Å². The van der Waals surface area contributed by atoms with Gasteiger partial charge >= 0.3 is 5.69 Å². The fourth-order valence-corrected chi connectivity index (χ4v) is 4.94. The summed E-state index contributed by atoms with van der Waals surface area (Å²) in [5.41, 5.74) is 9.12. The average Bonchev–Trinajstić information content (AvgIpc) is 3.24. The Hall–Kier alpha value is -3.64. The van der Waals surface area contributed by atoms with E-state index in [9.17, 15) is 9.59 Å². The molecule has 9 nitrogen and oxygen atoms in total. The topological polar surface area (TPSA) is 103 Å². The largest absolute Gasteiger partial charge is 0.341 e. The number of rotatable bonds is 4. The van der Waals surface area contributed by atoms with Gasteiger partial charge in [-0.3, -0.25) is 23.5 Å². The summed E-state index contributed by atoms with van der Waals surface area (Å²) in [5.74, 6) is 6.61. The highest BCUT2D eigenvalue weighted by molar-refractivity contribution is 6.02. The smallest absolute Gasteiger partial charge is 0.332 e. The first kappa shape index (κ1) is 22.2. The van der Waals surface area contributed by atoms with E-state index in [4.69, 9.17) is 10.7 Å². The summed E-state index contributed by atoms with van der Waals surface area (Å²) in [6.45, 7) is 4.29. The standard InChI is InChI=1S/C25H29N7O2/c1-3-4-14-31-21-22(28-24(31)30-13-7-9-18(26)15-30)29(2)25(34)32(23(21)33)16-20-19-10-6-5-8-17(19)11-12-27-20/h5-6,8,10,18H,7,9,11-16,26H2,1-2H3. The molecule has 9 heteroatoms. The van der Waals surface area contributed by atoms with Gasteiger partial charge in [0.1, 0.15) is 0 Å². The van der Waals surface area contributed by atoms with Crippen LogP contribution in [0.2, 0.25) is 0 Å². The molecule has 5 rings (SSSR count). The Kier molecular flexibility index (Phi) is 5.84. The van der Waals surface area contributed by atoms with Crippen LogP contribution in [0.1, 0.15) is 30.9 Å². The van der Waals surface area contributed by atoms with E-state index in [0.29, 0.717) is 36.7 Å². The predicted octanol–water partition coefficient (Wildman–Crippen LogP) is 0.893. The summed E-state index contributed by atoms with van der Waals surface area (Å²) >= 11 is 0. The van der Waals surface area contributed by atoms with E-state index in [1.807, 2.05) is 22.8 Å². The van der Waals surface area contributed by atoms with Gasteiger partial charge in [0.15, 0.2) is 11.2 Å². The van der Waals surface area contributed by atoms with Crippen molar-refractivity contribution in [3.8, 4) is 11.8 Å². The van der Waals surface area contributed by atoms with Crippen LogP contribution in [0, 0.1) is 11.8 Å². The highest BCUT2D eigenvalue weighted by atomic mass is 16.2. The molecule has 1 aromatic carbocycles. The summed E-state index contributed by atoms with van der Waals surface area (Å²) < 4.78 is 4.56. The van der Waals surface area contributed by atoms with Crippen molar-refractivity contribution < 1.29 is 0 Å². The maximum atomic E-state index is 13.8. The predicted molar refractivity (Wildman–Crippen MR) is 134 cm³/mol. The normalized spacial score (nSPS) is 17.8. The van der Waals surface area contributed by atoms with Crippen LogP contribution in [0.25, 0.3) is 11.2 Å². The lowest BCUT2D eigenvalue weighted by molar-refractivity contribution is 0.496. The zero-order valence-electron chi connectivity index (χ0n) is 19.6. The van der Waals surface area contributed by atoms with E-state index in [2.05, 4.69) is 27.8 Å². The summed E-state index contributed by atoms with van der Waals surface area (Å²) in [5, 5.41) is 0. The van der Waals surface area contributed by atoms with Gasteiger partial charge in [0.05, 0.1) is 18.8 Å². The van der Waals surface area contributed by atoms with Crippen molar-refractivity contribution in [1.29, 1.82) is 0 Å². The molecule has 0 radical (unpaired) electrons. The number of nitrogens with zero attached hydrogens (tertiary/aromatic N) is 6. The average molecular weight is 460 g/mol. The number of imidazole rings is 1. The molecule has 0 aliphatic carbocycles. The second-order valence-electron chi connectivity index (χ2n) is 8.91. The lowest BCUT2D eigenvalue weighted by atomic mass is 9.98. The van der Waals surface area contributed by atoms with Gasteiger partial charge in [-0.1, -0.05) is 30.2 Å². The van der Waals surface area contributed by atoms with Crippen molar-refractivity contribution in [2.24, 2.45) is 17.8 Å². The summed E-state index contributed by atoms with van der Waals surface area (Å²) in [6, 6.07) is 8.07. The molecule has 2 aliphatic heterocycles. The number of anilines is 1. The van der Waals surface area contributed by atoms with Crippen LogP contribution in [0.5, 0.6) is 0 Å². The molecule has 0 amide bonds. The van der Waals surface area contributed by atoms with Crippen LogP contribution in [-0.4, -0.2) is 50.1 Å². The van der Waals surface area contributed by atoms with Crippen LogP contribution in [-0.2, 0) is 26.6 Å². The molecule has 1 saturated heterocycles. The van der Waals surface area contributed by atoms with Crippen molar-refractivity contribution in [3.63, 3.8) is 0 Å². The molecule has 2 N–H and O–H groups in total. The minimum absolute atomic E-state index is 0.0455. The molecule has 0 saturated carbocycles. The van der Waals surface area contributed by atoms with Crippen LogP contribution in [0.15, 0.2) is 38.8 Å². The van der Waals surface area contributed by atoms with Crippen LogP contribution in [0.4, 0.5) is 5.95 Å². The van der Waals surface area contributed by atoms with Crippen molar-refractivity contribution in [2.45, 2.75) is 45.3 Å². The number of aromatic nitrogens is 4. The highest BCUT2D eigenvalue weighted by Gasteiger charge is 2.26. The number of aliphatic imine (C=N–C) groups is 1. The van der Waals surface area contributed by atoms with Crippen molar-refractivity contribution in [3.05, 3.63) is 56.2 Å². The molecule has 2 aromatic heterocycles. The molecule has 34 heavy (non-hydrogen) atoms. The zero-order valence-corrected chi connectivity index (χ0v) is 19.6. The Morgan fingerprint density at radius 3 is 2.82 bits per heavy atom. The molecule has 2 aliphatic rings. The molecule has 176 valence electrons. The maximum absolute atomic E-state index is 13.8. The van der Waals surface area contributed by atoms with E-state index >= 15 is 0 Å². The number of aryl methyl sites for hydroxylation is 1.